The van der Waals surface area contributed by atoms with Crippen molar-refractivity contribution in [2.24, 2.45) is 13.0 Å². The lowest BCUT2D eigenvalue weighted by atomic mass is 9.91. The van der Waals surface area contributed by atoms with Gasteiger partial charge in [-0.2, -0.15) is 0 Å². The SMILES string of the molecule is CCCCCC1C(C)=c2c(OCc3nnc(SCC(=O)N4CCN(c5ncccn5)CC4)o3)nn(C)c(=O)c2=C1C. The Kier molecular flexibility index (Phi) is 9.01. The van der Waals surface area contributed by atoms with Gasteiger partial charge in [0.2, 0.25) is 17.7 Å². The van der Waals surface area contributed by atoms with E-state index in [1.165, 1.54) is 16.4 Å². The van der Waals surface area contributed by atoms with Crippen molar-refractivity contribution < 1.29 is 13.9 Å². The number of piperazine rings is 1. The maximum absolute atomic E-state index is 13.0. The fourth-order valence-corrected chi connectivity index (χ4v) is 6.14. The third kappa shape index (κ3) is 6.29. The molecule has 0 N–H and O–H groups in total. The zero-order valence-electron chi connectivity index (χ0n) is 24.0. The standard InChI is InChI=1S/C28H36N8O4S/c1-5-6-7-9-20-18(2)23-24(19(20)3)26(38)34(4)33-25(23)39-16-21-31-32-28(40-21)41-17-22(37)35-12-14-36(15-13-35)27-29-10-8-11-30-27/h8,10-11,20H,5-7,9,12-17H2,1-4H3. The molecule has 0 saturated carbocycles. The van der Waals surface area contributed by atoms with Crippen LogP contribution in [0.2, 0.25) is 0 Å². The molecule has 1 saturated heterocycles. The summed E-state index contributed by atoms with van der Waals surface area (Å²) < 4.78 is 13.1. The highest BCUT2D eigenvalue weighted by Gasteiger charge is 2.26. The molecule has 3 aromatic heterocycles. The highest BCUT2D eigenvalue weighted by Crippen LogP contribution is 2.29. The summed E-state index contributed by atoms with van der Waals surface area (Å²) in [6.45, 7) is 8.86. The molecule has 218 valence electrons. The molecule has 0 radical (unpaired) electrons. The van der Waals surface area contributed by atoms with E-state index >= 15 is 0 Å². The Balaban J connectivity index is 1.18. The van der Waals surface area contributed by atoms with Crippen molar-refractivity contribution in [1.82, 2.24) is 34.8 Å². The Bertz CT molecular complexity index is 1560. The van der Waals surface area contributed by atoms with Gasteiger partial charge in [0, 0.05) is 51.5 Å². The van der Waals surface area contributed by atoms with Gasteiger partial charge in [-0.25, -0.2) is 14.6 Å². The van der Waals surface area contributed by atoms with E-state index < -0.39 is 0 Å². The largest absolute Gasteiger partial charge is 0.466 e. The number of amides is 1. The molecule has 3 aromatic rings. The predicted molar refractivity (Wildman–Crippen MR) is 155 cm³/mol. The molecule has 0 aromatic carbocycles. The van der Waals surface area contributed by atoms with E-state index in [9.17, 15) is 9.59 Å². The van der Waals surface area contributed by atoms with Gasteiger partial charge in [0.15, 0.2) is 6.61 Å². The van der Waals surface area contributed by atoms with Crippen molar-refractivity contribution in [2.45, 2.75) is 58.3 Å². The van der Waals surface area contributed by atoms with Gasteiger partial charge in [0.05, 0.1) is 16.2 Å². The predicted octanol–water partition coefficient (Wildman–Crippen LogP) is 1.52. The first-order valence-electron chi connectivity index (χ1n) is 14.0. The molecular weight excluding hydrogens is 544 g/mol. The number of carbonyl (C=O) groups excluding carboxylic acids is 1. The van der Waals surface area contributed by atoms with E-state index in [0.717, 1.165) is 42.0 Å². The molecule has 1 aliphatic heterocycles. The van der Waals surface area contributed by atoms with Gasteiger partial charge in [0.1, 0.15) is 0 Å². The zero-order chi connectivity index (χ0) is 28.9. The van der Waals surface area contributed by atoms with Crippen LogP contribution >= 0.6 is 11.8 Å². The van der Waals surface area contributed by atoms with Gasteiger partial charge in [-0.1, -0.05) is 49.1 Å². The topological polar surface area (TPSA) is 132 Å². The summed E-state index contributed by atoms with van der Waals surface area (Å²) in [5, 5.41) is 14.3. The van der Waals surface area contributed by atoms with E-state index in [4.69, 9.17) is 9.15 Å². The molecule has 1 amide bonds. The summed E-state index contributed by atoms with van der Waals surface area (Å²) >= 11 is 1.20. The van der Waals surface area contributed by atoms with Crippen molar-refractivity contribution in [3.63, 3.8) is 0 Å². The molecule has 1 aliphatic carbocycles. The van der Waals surface area contributed by atoms with Crippen molar-refractivity contribution in [2.75, 3.05) is 36.8 Å². The van der Waals surface area contributed by atoms with Crippen molar-refractivity contribution in [3.8, 4) is 5.88 Å². The van der Waals surface area contributed by atoms with Crippen molar-refractivity contribution in [1.29, 1.82) is 0 Å². The Labute approximate surface area is 242 Å². The first kappa shape index (κ1) is 28.8. The molecule has 0 spiro atoms. The second-order valence-electron chi connectivity index (χ2n) is 10.4. The number of hydrogen-bond acceptors (Lipinski definition) is 11. The van der Waals surface area contributed by atoms with E-state index in [1.807, 2.05) is 11.8 Å². The Morgan fingerprint density at radius 2 is 1.80 bits per heavy atom. The molecule has 5 rings (SSSR count). The molecule has 12 nitrogen and oxygen atoms in total. The molecule has 1 unspecified atom stereocenters. The number of aromatic nitrogens is 6. The fraction of sp³-hybridized carbons (Fsp3) is 0.536. The van der Waals surface area contributed by atoms with Crippen LogP contribution in [0.1, 0.15) is 52.3 Å². The molecule has 4 heterocycles. The summed E-state index contributed by atoms with van der Waals surface area (Å²) in [6, 6.07) is 1.78. The Morgan fingerprint density at radius 1 is 1.07 bits per heavy atom. The minimum absolute atomic E-state index is 0.00942. The van der Waals surface area contributed by atoms with E-state index in [1.54, 1.807) is 25.5 Å². The van der Waals surface area contributed by atoms with Crippen molar-refractivity contribution in [3.05, 3.63) is 45.1 Å². The quantitative estimate of drug-likeness (QED) is 0.242. The number of anilines is 1. The number of fused-ring (bicyclic) bond motifs is 1. The Morgan fingerprint density at radius 3 is 2.54 bits per heavy atom. The number of thioether (sulfide) groups is 1. The van der Waals surface area contributed by atoms with E-state index in [-0.39, 0.29) is 35.6 Å². The van der Waals surface area contributed by atoms with Gasteiger partial charge in [0.25, 0.3) is 16.7 Å². The molecule has 2 aliphatic rings. The minimum atomic E-state index is -0.113. The summed E-state index contributed by atoms with van der Waals surface area (Å²) in [5.74, 6) is 1.77. The maximum Gasteiger partial charge on any atom is 0.277 e. The number of rotatable bonds is 11. The van der Waals surface area contributed by atoms with Crippen LogP contribution in [0.15, 0.2) is 32.9 Å². The Hall–Kier alpha value is -3.74. The smallest absolute Gasteiger partial charge is 0.277 e. The first-order chi connectivity index (χ1) is 19.9. The number of nitrogens with zero attached hydrogens (tertiary/aromatic N) is 8. The lowest BCUT2D eigenvalue weighted by Crippen LogP contribution is -2.49. The molecule has 0 bridgehead atoms. The van der Waals surface area contributed by atoms with E-state index in [0.29, 0.717) is 48.4 Å². The van der Waals surface area contributed by atoms with Gasteiger partial charge in [-0.3, -0.25) is 9.59 Å². The normalized spacial score (nSPS) is 16.8. The molecule has 41 heavy (non-hydrogen) atoms. The lowest BCUT2D eigenvalue weighted by molar-refractivity contribution is -0.128. The zero-order valence-corrected chi connectivity index (χ0v) is 24.8. The third-order valence-electron chi connectivity index (χ3n) is 7.71. The number of aryl methyl sites for hydroxylation is 1. The highest BCUT2D eigenvalue weighted by atomic mass is 32.2. The van der Waals surface area contributed by atoms with Crippen LogP contribution in [0.25, 0.3) is 11.1 Å². The molecular formula is C28H36N8O4S. The third-order valence-corrected chi connectivity index (χ3v) is 8.51. The second kappa shape index (κ2) is 12.8. The van der Waals surface area contributed by atoms with Crippen molar-refractivity contribution >= 4 is 34.8 Å². The summed E-state index contributed by atoms with van der Waals surface area (Å²) in [4.78, 5) is 38.2. The van der Waals surface area contributed by atoms with Crippen LogP contribution in [-0.2, 0) is 18.4 Å². The average Bonchev–Trinajstić information content (AvgIpc) is 3.55. The first-order valence-corrected chi connectivity index (χ1v) is 15.0. The maximum atomic E-state index is 13.0. The number of hydrogen-bond donors (Lipinski definition) is 0. The van der Waals surface area contributed by atoms with Crippen LogP contribution in [0.3, 0.4) is 0 Å². The highest BCUT2D eigenvalue weighted by molar-refractivity contribution is 7.99. The average molecular weight is 581 g/mol. The van der Waals surface area contributed by atoms with E-state index in [2.05, 4.69) is 44.0 Å². The number of unbranched alkanes of at least 4 members (excludes halogenated alkanes) is 2. The van der Waals surface area contributed by atoms with Gasteiger partial charge >= 0.3 is 0 Å². The number of ether oxygens (including phenoxy) is 1. The van der Waals surface area contributed by atoms with Gasteiger partial charge in [-0.05, 0) is 26.3 Å². The minimum Gasteiger partial charge on any atom is -0.466 e. The summed E-state index contributed by atoms with van der Waals surface area (Å²) in [7, 11) is 1.64. The molecule has 1 fully saturated rings. The number of carbonyl (C=O) groups is 1. The van der Waals surface area contributed by atoms with Gasteiger partial charge in [-0.15, -0.1) is 15.3 Å². The van der Waals surface area contributed by atoms with Gasteiger partial charge < -0.3 is 19.0 Å². The monoisotopic (exact) mass is 580 g/mol. The molecule has 13 heteroatoms. The van der Waals surface area contributed by atoms with Crippen LogP contribution < -0.4 is 25.6 Å². The van der Waals surface area contributed by atoms with Crippen LogP contribution in [0.4, 0.5) is 5.95 Å². The second-order valence-corrected chi connectivity index (χ2v) is 11.3. The summed E-state index contributed by atoms with van der Waals surface area (Å²) in [6.07, 6.45) is 7.86. The summed E-state index contributed by atoms with van der Waals surface area (Å²) in [5.41, 5.74) is 2.08. The fourth-order valence-electron chi connectivity index (χ4n) is 5.45. The van der Waals surface area contributed by atoms with Crippen LogP contribution in [-0.4, -0.2) is 72.7 Å². The van der Waals surface area contributed by atoms with Crippen LogP contribution in [0.5, 0.6) is 5.88 Å². The lowest BCUT2D eigenvalue weighted by Gasteiger charge is -2.34. The van der Waals surface area contributed by atoms with Crippen LogP contribution in [0, 0.1) is 5.92 Å². The molecule has 1 atom stereocenters.